The lowest BCUT2D eigenvalue weighted by molar-refractivity contribution is -0.389. The van der Waals surface area contributed by atoms with Gasteiger partial charge in [0, 0.05) is 5.56 Å². The highest BCUT2D eigenvalue weighted by atomic mass is 16.6. The number of nitrogens with one attached hydrogen (secondary N) is 1. The fourth-order valence-corrected chi connectivity index (χ4v) is 3.05. The van der Waals surface area contributed by atoms with E-state index in [2.05, 4.69) is 10.4 Å². The number of carbonyl (C=O) groups excluding carboxylic acids is 1. The molecule has 8 heteroatoms. The minimum atomic E-state index is -0.530. The first kappa shape index (κ1) is 20.1. The number of ether oxygens (including phenoxy) is 1. The molecule has 0 spiro atoms. The summed E-state index contributed by atoms with van der Waals surface area (Å²) in [6.07, 6.45) is 0. The molecule has 0 saturated heterocycles. The Labute approximate surface area is 168 Å². The monoisotopic (exact) mass is 394 g/mol. The van der Waals surface area contributed by atoms with E-state index < -0.39 is 4.92 Å². The Morgan fingerprint density at radius 2 is 2.00 bits per heavy atom. The molecule has 1 N–H and O–H groups in total. The molecule has 1 atom stereocenters. The normalized spacial score (nSPS) is 11.7. The molecular weight excluding hydrogens is 372 g/mol. The number of aromatic nitrogens is 2. The van der Waals surface area contributed by atoms with Crippen LogP contribution in [0.5, 0.6) is 5.75 Å². The van der Waals surface area contributed by atoms with Gasteiger partial charge in [-0.15, -0.1) is 0 Å². The molecule has 0 aliphatic rings. The maximum absolute atomic E-state index is 12.9. The summed E-state index contributed by atoms with van der Waals surface area (Å²) >= 11 is 0. The van der Waals surface area contributed by atoms with E-state index in [1.165, 1.54) is 10.7 Å². The van der Waals surface area contributed by atoms with Gasteiger partial charge in [-0.25, -0.2) is 0 Å². The third-order valence-corrected chi connectivity index (χ3v) is 4.68. The fraction of sp³-hybridized carbons (Fsp3) is 0.238. The van der Waals surface area contributed by atoms with Gasteiger partial charge < -0.3 is 20.2 Å². The Balaban J connectivity index is 1.80. The Morgan fingerprint density at radius 3 is 2.69 bits per heavy atom. The van der Waals surface area contributed by atoms with Crippen LogP contribution in [0, 0.1) is 17.0 Å². The van der Waals surface area contributed by atoms with Gasteiger partial charge in [-0.3, -0.25) is 4.79 Å². The van der Waals surface area contributed by atoms with Gasteiger partial charge in [-0.2, -0.15) is 4.68 Å². The number of hydrogen-bond acceptors (Lipinski definition) is 5. The second kappa shape index (κ2) is 8.55. The number of aryl methyl sites for hydroxylation is 1. The van der Waals surface area contributed by atoms with Gasteiger partial charge in [0.15, 0.2) is 0 Å². The van der Waals surface area contributed by atoms with E-state index in [9.17, 15) is 14.9 Å². The fourth-order valence-electron chi connectivity index (χ4n) is 3.05. The number of nitro groups is 1. The van der Waals surface area contributed by atoms with Crippen LogP contribution in [-0.4, -0.2) is 27.7 Å². The molecule has 29 heavy (non-hydrogen) atoms. The molecule has 3 aromatic rings. The average molecular weight is 394 g/mol. The molecule has 1 unspecified atom stereocenters. The van der Waals surface area contributed by atoms with Gasteiger partial charge in [0.25, 0.3) is 5.91 Å². The minimum absolute atomic E-state index is 0.212. The van der Waals surface area contributed by atoms with Crippen molar-refractivity contribution in [2.45, 2.75) is 26.4 Å². The highest BCUT2D eigenvalue weighted by Crippen LogP contribution is 2.20. The predicted molar refractivity (Wildman–Crippen MR) is 108 cm³/mol. The van der Waals surface area contributed by atoms with E-state index in [1.54, 1.807) is 26.2 Å². The molecule has 8 nitrogen and oxygen atoms in total. The second-order valence-electron chi connectivity index (χ2n) is 6.69. The molecule has 1 heterocycles. The smallest absolute Gasteiger partial charge is 0.390 e. The summed E-state index contributed by atoms with van der Waals surface area (Å²) in [5.74, 6) is 0.283. The molecule has 0 bridgehead atoms. The van der Waals surface area contributed by atoms with Crippen molar-refractivity contribution in [2.75, 3.05) is 7.11 Å². The van der Waals surface area contributed by atoms with Gasteiger partial charge in [0.1, 0.15) is 5.75 Å². The maximum atomic E-state index is 12.9. The van der Waals surface area contributed by atoms with Gasteiger partial charge >= 0.3 is 5.82 Å². The van der Waals surface area contributed by atoms with Crippen LogP contribution in [0.4, 0.5) is 5.82 Å². The zero-order valence-electron chi connectivity index (χ0n) is 16.5. The number of rotatable bonds is 7. The molecular formula is C21H22N4O4. The van der Waals surface area contributed by atoms with Crippen molar-refractivity contribution in [3.8, 4) is 5.75 Å². The van der Waals surface area contributed by atoms with Crippen LogP contribution in [0.15, 0.2) is 54.6 Å². The van der Waals surface area contributed by atoms with E-state index in [1.807, 2.05) is 43.3 Å². The maximum Gasteiger partial charge on any atom is 0.390 e. The molecule has 2 aromatic carbocycles. The molecule has 0 radical (unpaired) electrons. The van der Waals surface area contributed by atoms with E-state index in [4.69, 9.17) is 4.74 Å². The lowest BCUT2D eigenvalue weighted by atomic mass is 10.0. The molecule has 1 aromatic heterocycles. The molecule has 0 fully saturated rings. The SMILES string of the molecule is COc1cccc(C(C)NC(=O)c2ccccc2Cn2nc([N+](=O)[O-])cc2C)c1. The molecule has 0 aliphatic carbocycles. The van der Waals surface area contributed by atoms with Crippen molar-refractivity contribution in [3.05, 3.63) is 87.1 Å². The summed E-state index contributed by atoms with van der Waals surface area (Å²) < 4.78 is 6.76. The number of amides is 1. The standard InChI is InChI=1S/C21H22N4O4/c1-14-11-20(25(27)28)23-24(14)13-17-7-4-5-10-19(17)21(26)22-15(2)16-8-6-9-18(12-16)29-3/h4-12,15H,13H2,1-3H3,(H,22,26). The van der Waals surface area contributed by atoms with E-state index in [0.29, 0.717) is 11.3 Å². The lowest BCUT2D eigenvalue weighted by Crippen LogP contribution is -2.28. The predicted octanol–water partition coefficient (Wildman–Crippen LogP) is 3.65. The van der Waals surface area contributed by atoms with Crippen LogP contribution < -0.4 is 10.1 Å². The highest BCUT2D eigenvalue weighted by molar-refractivity contribution is 5.95. The number of nitrogens with zero attached hydrogens (tertiary/aromatic N) is 3. The second-order valence-corrected chi connectivity index (χ2v) is 6.69. The van der Waals surface area contributed by atoms with Crippen LogP contribution in [0.25, 0.3) is 0 Å². The zero-order valence-corrected chi connectivity index (χ0v) is 16.5. The number of benzene rings is 2. The summed E-state index contributed by atoms with van der Waals surface area (Å²) in [4.78, 5) is 23.3. The van der Waals surface area contributed by atoms with E-state index in [-0.39, 0.29) is 24.3 Å². The minimum Gasteiger partial charge on any atom is -0.497 e. The third-order valence-electron chi connectivity index (χ3n) is 4.68. The van der Waals surface area contributed by atoms with E-state index >= 15 is 0 Å². The van der Waals surface area contributed by atoms with Crippen molar-refractivity contribution < 1.29 is 14.5 Å². The van der Waals surface area contributed by atoms with Crippen molar-refractivity contribution >= 4 is 11.7 Å². The number of hydrogen-bond donors (Lipinski definition) is 1. The molecule has 0 aliphatic heterocycles. The van der Waals surface area contributed by atoms with E-state index in [0.717, 1.165) is 16.9 Å². The first-order chi connectivity index (χ1) is 13.9. The van der Waals surface area contributed by atoms with Crippen LogP contribution in [-0.2, 0) is 6.54 Å². The summed E-state index contributed by atoms with van der Waals surface area (Å²) in [7, 11) is 1.60. The van der Waals surface area contributed by atoms with Crippen LogP contribution in [0.3, 0.4) is 0 Å². The Morgan fingerprint density at radius 1 is 1.24 bits per heavy atom. The van der Waals surface area contributed by atoms with Crippen LogP contribution >= 0.6 is 0 Å². The first-order valence-corrected chi connectivity index (χ1v) is 9.10. The van der Waals surface area contributed by atoms with Crippen molar-refractivity contribution in [1.29, 1.82) is 0 Å². The Kier molecular flexibility index (Phi) is 5.92. The largest absolute Gasteiger partial charge is 0.497 e. The van der Waals surface area contributed by atoms with Crippen LogP contribution in [0.1, 0.15) is 40.1 Å². The summed E-state index contributed by atoms with van der Waals surface area (Å²) in [6, 6.07) is 15.9. The summed E-state index contributed by atoms with van der Waals surface area (Å²) in [5.41, 5.74) is 2.80. The summed E-state index contributed by atoms with van der Waals surface area (Å²) in [5, 5.41) is 18.0. The first-order valence-electron chi connectivity index (χ1n) is 9.10. The molecule has 1 amide bonds. The highest BCUT2D eigenvalue weighted by Gasteiger charge is 2.19. The third kappa shape index (κ3) is 4.60. The van der Waals surface area contributed by atoms with Crippen molar-refractivity contribution in [2.24, 2.45) is 0 Å². The summed E-state index contributed by atoms with van der Waals surface area (Å²) in [6.45, 7) is 3.90. The topological polar surface area (TPSA) is 99.3 Å². The van der Waals surface area contributed by atoms with Gasteiger partial charge in [-0.05, 0) is 48.1 Å². The lowest BCUT2D eigenvalue weighted by Gasteiger charge is -2.16. The number of carbonyl (C=O) groups is 1. The van der Waals surface area contributed by atoms with Crippen molar-refractivity contribution in [1.82, 2.24) is 15.1 Å². The van der Waals surface area contributed by atoms with Crippen molar-refractivity contribution in [3.63, 3.8) is 0 Å². The quantitative estimate of drug-likeness (QED) is 0.487. The van der Waals surface area contributed by atoms with Gasteiger partial charge in [0.05, 0.1) is 36.6 Å². The van der Waals surface area contributed by atoms with Gasteiger partial charge in [-0.1, -0.05) is 30.3 Å². The Hall–Kier alpha value is -3.68. The molecule has 0 saturated carbocycles. The molecule has 3 rings (SSSR count). The van der Waals surface area contributed by atoms with Gasteiger partial charge in [0.2, 0.25) is 0 Å². The zero-order chi connectivity index (χ0) is 21.0. The van der Waals surface area contributed by atoms with Crippen LogP contribution in [0.2, 0.25) is 0 Å². The molecule has 150 valence electrons. The Bertz CT molecular complexity index is 1040. The number of methoxy groups -OCH3 is 1. The average Bonchev–Trinajstić information content (AvgIpc) is 3.09.